The molecule has 0 bridgehead atoms. The molecule has 3 aromatic rings. The van der Waals surface area contributed by atoms with Crippen LogP contribution in [-0.2, 0) is 9.59 Å². The van der Waals surface area contributed by atoms with Crippen LogP contribution in [0.1, 0.15) is 5.56 Å². The molecule has 2 saturated heterocycles. The summed E-state index contributed by atoms with van der Waals surface area (Å²) in [5, 5.41) is 0.176. The molecule has 172 valence electrons. The molecule has 8 nitrogen and oxygen atoms in total. The van der Waals surface area contributed by atoms with Crippen LogP contribution in [0.25, 0.3) is 17.0 Å². The topological polar surface area (TPSA) is 91.1 Å². The minimum Gasteiger partial charge on any atom is -0.422 e. The van der Waals surface area contributed by atoms with Crippen LogP contribution in [-0.4, -0.2) is 59.6 Å². The van der Waals surface area contributed by atoms with Crippen LogP contribution in [0, 0.1) is 0 Å². The number of carbonyl (C=O) groups is 3. The number of para-hydroxylation sites is 2. The monoisotopic (exact) mass is 475 g/mol. The highest BCUT2D eigenvalue weighted by atomic mass is 32.2. The largest absolute Gasteiger partial charge is 0.422 e. The molecule has 0 saturated carbocycles. The lowest BCUT2D eigenvalue weighted by Crippen LogP contribution is -2.51. The van der Waals surface area contributed by atoms with Gasteiger partial charge in [0.15, 0.2) is 0 Å². The zero-order valence-electron chi connectivity index (χ0n) is 18.2. The second kappa shape index (κ2) is 9.18. The average Bonchev–Trinajstić information content (AvgIpc) is 3.12. The van der Waals surface area contributed by atoms with Crippen LogP contribution >= 0.6 is 11.8 Å². The highest BCUT2D eigenvalue weighted by molar-refractivity contribution is 8.18. The highest BCUT2D eigenvalue weighted by Gasteiger charge is 2.37. The van der Waals surface area contributed by atoms with Gasteiger partial charge in [0.05, 0.1) is 10.5 Å². The number of imide groups is 1. The van der Waals surface area contributed by atoms with Crippen LogP contribution in [0.2, 0.25) is 0 Å². The van der Waals surface area contributed by atoms with Crippen molar-refractivity contribution >= 4 is 51.5 Å². The Morgan fingerprint density at radius 3 is 2.41 bits per heavy atom. The molecule has 34 heavy (non-hydrogen) atoms. The fourth-order valence-corrected chi connectivity index (χ4v) is 4.87. The Kier molecular flexibility index (Phi) is 5.93. The van der Waals surface area contributed by atoms with Crippen molar-refractivity contribution in [2.45, 2.75) is 0 Å². The summed E-state index contributed by atoms with van der Waals surface area (Å²) in [6, 6.07) is 18.6. The minimum absolute atomic E-state index is 0.0919. The van der Waals surface area contributed by atoms with Crippen LogP contribution in [0.15, 0.2) is 74.8 Å². The lowest BCUT2D eigenvalue weighted by molar-refractivity contribution is -0.136. The lowest BCUT2D eigenvalue weighted by Gasteiger charge is -2.36. The first-order chi connectivity index (χ1) is 16.5. The maximum absolute atomic E-state index is 12.9. The molecule has 0 spiro atoms. The standard InChI is InChI=1S/C25H21N3O5S/c29-22(27-12-10-26(11-13-27)19-7-2-1-3-8-19)16-28-23(30)21(34-25(28)32)15-18-14-17-6-4-5-9-20(17)33-24(18)31/h1-9,14-15H,10-13,16H2. The number of rotatable bonds is 4. The summed E-state index contributed by atoms with van der Waals surface area (Å²) in [5.74, 6) is -0.861. The number of amides is 3. The van der Waals surface area contributed by atoms with Crippen molar-refractivity contribution in [2.75, 3.05) is 37.6 Å². The average molecular weight is 476 g/mol. The first-order valence-corrected chi connectivity index (χ1v) is 11.7. The van der Waals surface area contributed by atoms with Crippen molar-refractivity contribution in [2.24, 2.45) is 0 Å². The number of hydrogen-bond acceptors (Lipinski definition) is 7. The van der Waals surface area contributed by atoms with Crippen LogP contribution < -0.4 is 10.5 Å². The Hall–Kier alpha value is -3.85. The van der Waals surface area contributed by atoms with Crippen LogP contribution in [0.5, 0.6) is 0 Å². The molecule has 2 fully saturated rings. The van der Waals surface area contributed by atoms with Crippen molar-refractivity contribution in [3.63, 3.8) is 0 Å². The van der Waals surface area contributed by atoms with Crippen molar-refractivity contribution in [1.82, 2.24) is 9.80 Å². The molecule has 0 unspecified atom stereocenters. The van der Waals surface area contributed by atoms with Gasteiger partial charge in [0.25, 0.3) is 11.1 Å². The Morgan fingerprint density at radius 1 is 0.941 bits per heavy atom. The number of benzene rings is 2. The van der Waals surface area contributed by atoms with E-state index in [1.165, 1.54) is 6.08 Å². The first-order valence-electron chi connectivity index (χ1n) is 10.9. The summed E-state index contributed by atoms with van der Waals surface area (Å²) >= 11 is 0.716. The Labute approximate surface area is 199 Å². The fourth-order valence-electron chi connectivity index (χ4n) is 4.04. The summed E-state index contributed by atoms with van der Waals surface area (Å²) in [7, 11) is 0. The van der Waals surface area contributed by atoms with E-state index in [1.54, 1.807) is 29.2 Å². The third-order valence-corrected chi connectivity index (χ3v) is 6.78. The molecule has 3 heterocycles. The predicted molar refractivity (Wildman–Crippen MR) is 130 cm³/mol. The fraction of sp³-hybridized carbons (Fsp3) is 0.200. The third-order valence-electron chi connectivity index (χ3n) is 5.88. The normalized spacial score (nSPS) is 17.8. The van der Waals surface area contributed by atoms with Gasteiger partial charge in [-0.05, 0) is 42.1 Å². The minimum atomic E-state index is -0.599. The number of thioether (sulfide) groups is 1. The SMILES string of the molecule is O=C(CN1C(=O)SC(=Cc2cc3ccccc3oc2=O)C1=O)N1CCN(c2ccccc2)CC1. The van der Waals surface area contributed by atoms with E-state index in [-0.39, 0.29) is 22.9 Å². The van der Waals surface area contributed by atoms with E-state index in [0.717, 1.165) is 10.6 Å². The van der Waals surface area contributed by atoms with Crippen molar-refractivity contribution in [1.29, 1.82) is 0 Å². The predicted octanol–water partition coefficient (Wildman–Crippen LogP) is 3.18. The zero-order chi connectivity index (χ0) is 23.7. The molecule has 0 atom stereocenters. The molecule has 2 aliphatic rings. The molecule has 5 rings (SSSR count). The van der Waals surface area contributed by atoms with E-state index in [4.69, 9.17) is 4.42 Å². The molecular formula is C25H21N3O5S. The van der Waals surface area contributed by atoms with Gasteiger partial charge in [-0.1, -0.05) is 36.4 Å². The molecule has 2 aromatic carbocycles. The van der Waals surface area contributed by atoms with Crippen LogP contribution in [0.4, 0.5) is 10.5 Å². The number of nitrogens with zero attached hydrogens (tertiary/aromatic N) is 3. The summed E-state index contributed by atoms with van der Waals surface area (Å²) in [6.07, 6.45) is 1.35. The van der Waals surface area contributed by atoms with Gasteiger partial charge in [-0.15, -0.1) is 0 Å². The molecule has 1 aromatic heterocycles. The number of piperazine rings is 1. The van der Waals surface area contributed by atoms with E-state index in [1.807, 2.05) is 36.4 Å². The maximum Gasteiger partial charge on any atom is 0.343 e. The second-order valence-corrected chi connectivity index (χ2v) is 8.99. The Bertz CT molecular complexity index is 1360. The van der Waals surface area contributed by atoms with Crippen molar-refractivity contribution in [3.05, 3.63) is 81.6 Å². The number of carbonyl (C=O) groups excluding carboxylic acids is 3. The van der Waals surface area contributed by atoms with Gasteiger partial charge in [-0.25, -0.2) is 4.79 Å². The smallest absolute Gasteiger partial charge is 0.343 e. The molecule has 3 amide bonds. The molecular weight excluding hydrogens is 454 g/mol. The van der Waals surface area contributed by atoms with Crippen molar-refractivity contribution < 1.29 is 18.8 Å². The van der Waals surface area contributed by atoms with Gasteiger partial charge in [-0.2, -0.15) is 0 Å². The van der Waals surface area contributed by atoms with E-state index >= 15 is 0 Å². The maximum atomic E-state index is 12.9. The van der Waals surface area contributed by atoms with Gasteiger partial charge in [0.2, 0.25) is 5.91 Å². The second-order valence-electron chi connectivity index (χ2n) is 8.00. The van der Waals surface area contributed by atoms with E-state index < -0.39 is 16.8 Å². The summed E-state index contributed by atoms with van der Waals surface area (Å²) in [4.78, 5) is 55.4. The van der Waals surface area contributed by atoms with Crippen molar-refractivity contribution in [3.8, 4) is 0 Å². The van der Waals surface area contributed by atoms with Crippen LogP contribution in [0.3, 0.4) is 0 Å². The quantitative estimate of drug-likeness (QED) is 0.423. The zero-order valence-corrected chi connectivity index (χ0v) is 19.0. The lowest BCUT2D eigenvalue weighted by atomic mass is 10.2. The molecule has 0 N–H and O–H groups in total. The number of anilines is 1. The number of hydrogen-bond donors (Lipinski definition) is 0. The first kappa shape index (κ1) is 22.0. The van der Waals surface area contributed by atoms with Gasteiger partial charge < -0.3 is 14.2 Å². The molecule has 2 aliphatic heterocycles. The summed E-state index contributed by atoms with van der Waals surface area (Å²) in [5.41, 5.74) is 1.12. The molecule has 0 radical (unpaired) electrons. The summed E-state index contributed by atoms with van der Waals surface area (Å²) in [6.45, 7) is 2.06. The molecule has 0 aliphatic carbocycles. The Morgan fingerprint density at radius 2 is 1.65 bits per heavy atom. The highest BCUT2D eigenvalue weighted by Crippen LogP contribution is 2.32. The van der Waals surface area contributed by atoms with E-state index in [0.29, 0.717) is 48.9 Å². The summed E-state index contributed by atoms with van der Waals surface area (Å²) < 4.78 is 5.29. The van der Waals surface area contributed by atoms with Gasteiger partial charge in [0.1, 0.15) is 12.1 Å². The van der Waals surface area contributed by atoms with E-state index in [9.17, 15) is 19.2 Å². The van der Waals surface area contributed by atoms with Gasteiger partial charge >= 0.3 is 5.63 Å². The van der Waals surface area contributed by atoms with Gasteiger partial charge in [-0.3, -0.25) is 19.3 Å². The van der Waals surface area contributed by atoms with E-state index in [2.05, 4.69) is 4.90 Å². The Balaban J connectivity index is 1.26. The number of fused-ring (bicyclic) bond motifs is 1. The van der Waals surface area contributed by atoms with Gasteiger partial charge in [0, 0.05) is 37.3 Å². The molecule has 9 heteroatoms. The third kappa shape index (κ3) is 4.34.